The van der Waals surface area contributed by atoms with Gasteiger partial charge >= 0.3 is 5.97 Å². The fourth-order valence-corrected chi connectivity index (χ4v) is 1.51. The van der Waals surface area contributed by atoms with Gasteiger partial charge in [0.15, 0.2) is 0 Å². The highest BCUT2D eigenvalue weighted by Gasteiger charge is 2.05. The number of hydrogen-bond donors (Lipinski definition) is 1. The zero-order chi connectivity index (χ0) is 10.8. The highest BCUT2D eigenvalue weighted by molar-refractivity contribution is 5.96. The third kappa shape index (κ3) is 1.97. The number of aromatic carboxylic acids is 1. The van der Waals surface area contributed by atoms with Crippen molar-refractivity contribution in [2.45, 2.75) is 0 Å². The van der Waals surface area contributed by atoms with Crippen molar-refractivity contribution in [3.63, 3.8) is 0 Å². The first-order valence-electron chi connectivity index (χ1n) is 4.38. The van der Waals surface area contributed by atoms with Crippen LogP contribution in [-0.4, -0.2) is 11.1 Å². The Morgan fingerprint density at radius 3 is 2.62 bits per heavy atom. The van der Waals surface area contributed by atoms with E-state index in [1.54, 1.807) is 30.3 Å². The zero-order valence-corrected chi connectivity index (χ0v) is 8.99. The van der Waals surface area contributed by atoms with E-state index in [0.29, 0.717) is 5.56 Å². The Bertz CT molecular complexity index is 587. The van der Waals surface area contributed by atoms with Crippen LogP contribution in [0.5, 0.6) is 0 Å². The topological polar surface area (TPSA) is 61.1 Å². The minimum atomic E-state index is -0.959. The summed E-state index contributed by atoms with van der Waals surface area (Å²) >= 11 is 0. The summed E-state index contributed by atoms with van der Waals surface area (Å²) in [4.78, 5) is 10.7. The number of hydrogen-bond acceptors (Lipinski definition) is 2. The number of carboxylic acids is 1. The molecule has 0 heterocycles. The second kappa shape index (κ2) is 4.65. The Morgan fingerprint density at radius 1 is 1.25 bits per heavy atom. The van der Waals surface area contributed by atoms with Crippen LogP contribution in [0.15, 0.2) is 36.4 Å². The molecule has 0 aromatic heterocycles. The molecule has 0 aliphatic heterocycles. The Labute approximate surface area is 98.3 Å². The molecule has 1 N–H and O–H groups in total. The molecule has 0 unspecified atom stereocenters. The Hall–Kier alpha value is -2.05. The first-order valence-corrected chi connectivity index (χ1v) is 4.38. The maximum Gasteiger partial charge on any atom is 0.335 e. The average Bonchev–Trinajstić information content (AvgIpc) is 2.27. The molecular weight excluding hydrogens is 226 g/mol. The van der Waals surface area contributed by atoms with Gasteiger partial charge in [-0.15, -0.1) is 12.4 Å². The van der Waals surface area contributed by atoms with Crippen molar-refractivity contribution < 1.29 is 9.90 Å². The van der Waals surface area contributed by atoms with Gasteiger partial charge in [0.2, 0.25) is 0 Å². The molecule has 2 aromatic rings. The summed E-state index contributed by atoms with van der Waals surface area (Å²) in [5.74, 6) is -0.959. The van der Waals surface area contributed by atoms with E-state index in [1.807, 2.05) is 0 Å². The van der Waals surface area contributed by atoms with Gasteiger partial charge in [0.25, 0.3) is 0 Å². The van der Waals surface area contributed by atoms with Crippen molar-refractivity contribution in [2.75, 3.05) is 0 Å². The molecule has 2 aromatic carbocycles. The molecule has 0 radical (unpaired) electrons. The van der Waals surface area contributed by atoms with E-state index in [0.717, 1.165) is 10.8 Å². The van der Waals surface area contributed by atoms with Crippen LogP contribution in [0.3, 0.4) is 0 Å². The lowest BCUT2D eigenvalue weighted by Gasteiger charge is -2.00. The van der Waals surface area contributed by atoms with Crippen molar-refractivity contribution >= 4 is 29.1 Å². The highest BCUT2D eigenvalue weighted by atomic mass is 35.5. The quantitative estimate of drug-likeness (QED) is 0.824. The van der Waals surface area contributed by atoms with Crippen LogP contribution in [0.4, 0.5) is 0 Å². The van der Waals surface area contributed by atoms with Gasteiger partial charge in [0, 0.05) is 0 Å². The molecule has 0 spiro atoms. The largest absolute Gasteiger partial charge is 0.478 e. The van der Waals surface area contributed by atoms with E-state index >= 15 is 0 Å². The molecule has 0 atom stereocenters. The number of nitrogens with zero attached hydrogens (tertiary/aromatic N) is 1. The van der Waals surface area contributed by atoms with Gasteiger partial charge < -0.3 is 5.11 Å². The minimum absolute atomic E-state index is 0. The summed E-state index contributed by atoms with van der Waals surface area (Å²) in [6, 6.07) is 12.1. The van der Waals surface area contributed by atoms with Crippen molar-refractivity contribution in [2.24, 2.45) is 0 Å². The number of fused-ring (bicyclic) bond motifs is 1. The number of carbonyl (C=O) groups is 1. The van der Waals surface area contributed by atoms with Gasteiger partial charge in [0.05, 0.1) is 17.2 Å². The summed E-state index contributed by atoms with van der Waals surface area (Å²) < 4.78 is 0. The summed E-state index contributed by atoms with van der Waals surface area (Å²) in [5.41, 5.74) is 0.794. The van der Waals surface area contributed by atoms with Crippen molar-refractivity contribution in [1.82, 2.24) is 0 Å². The van der Waals surface area contributed by atoms with Gasteiger partial charge in [-0.05, 0) is 29.0 Å². The standard InChI is InChI=1S/C12H7NO2.ClH/c13-7-10-3-1-2-8-6-9(12(14)15)4-5-11(8)10;/h1-6H,(H,14,15);1H. The van der Waals surface area contributed by atoms with E-state index in [4.69, 9.17) is 10.4 Å². The molecule has 0 bridgehead atoms. The van der Waals surface area contributed by atoms with Gasteiger partial charge in [-0.1, -0.05) is 18.2 Å². The van der Waals surface area contributed by atoms with Crippen LogP contribution in [-0.2, 0) is 0 Å². The molecule has 2 rings (SSSR count). The average molecular weight is 234 g/mol. The predicted molar refractivity (Wildman–Crippen MR) is 62.9 cm³/mol. The number of benzene rings is 2. The van der Waals surface area contributed by atoms with E-state index in [-0.39, 0.29) is 18.0 Å². The molecule has 0 aliphatic rings. The summed E-state index contributed by atoms with van der Waals surface area (Å²) in [5, 5.41) is 19.2. The van der Waals surface area contributed by atoms with Crippen molar-refractivity contribution in [3.05, 3.63) is 47.5 Å². The maximum absolute atomic E-state index is 10.7. The van der Waals surface area contributed by atoms with Gasteiger partial charge in [-0.3, -0.25) is 0 Å². The molecule has 4 heteroatoms. The molecule has 0 saturated heterocycles. The van der Waals surface area contributed by atoms with Crippen LogP contribution in [0.2, 0.25) is 0 Å². The monoisotopic (exact) mass is 233 g/mol. The molecule has 16 heavy (non-hydrogen) atoms. The number of nitriles is 1. The van der Waals surface area contributed by atoms with Crippen LogP contribution in [0, 0.1) is 11.3 Å². The van der Waals surface area contributed by atoms with E-state index in [1.165, 1.54) is 6.07 Å². The molecule has 80 valence electrons. The van der Waals surface area contributed by atoms with Crippen LogP contribution in [0.1, 0.15) is 15.9 Å². The van der Waals surface area contributed by atoms with E-state index in [2.05, 4.69) is 6.07 Å². The van der Waals surface area contributed by atoms with Crippen molar-refractivity contribution in [3.8, 4) is 6.07 Å². The van der Waals surface area contributed by atoms with Crippen LogP contribution >= 0.6 is 12.4 Å². The summed E-state index contributed by atoms with van der Waals surface area (Å²) in [6.45, 7) is 0. The smallest absolute Gasteiger partial charge is 0.335 e. The van der Waals surface area contributed by atoms with Crippen molar-refractivity contribution in [1.29, 1.82) is 5.26 Å². The normalized spacial score (nSPS) is 9.19. The SMILES string of the molecule is Cl.N#Cc1cccc2cc(C(=O)O)ccc12. The van der Waals surface area contributed by atoms with E-state index < -0.39 is 5.97 Å². The fraction of sp³-hybridized carbons (Fsp3) is 0. The summed E-state index contributed by atoms with van der Waals surface area (Å²) in [6.07, 6.45) is 0. The Balaban J connectivity index is 0.00000128. The lowest BCUT2D eigenvalue weighted by molar-refractivity contribution is 0.0697. The first-order chi connectivity index (χ1) is 7.22. The molecule has 0 fully saturated rings. The fourth-order valence-electron chi connectivity index (χ4n) is 1.51. The first kappa shape index (κ1) is 12.0. The molecule has 3 nitrogen and oxygen atoms in total. The third-order valence-electron chi connectivity index (χ3n) is 2.25. The number of rotatable bonds is 1. The lowest BCUT2D eigenvalue weighted by atomic mass is 10.0. The van der Waals surface area contributed by atoms with Gasteiger partial charge in [-0.2, -0.15) is 5.26 Å². The Morgan fingerprint density at radius 2 is 2.00 bits per heavy atom. The lowest BCUT2D eigenvalue weighted by Crippen LogP contribution is -1.95. The highest BCUT2D eigenvalue weighted by Crippen LogP contribution is 2.19. The Kier molecular flexibility index (Phi) is 3.49. The second-order valence-corrected chi connectivity index (χ2v) is 3.16. The van der Waals surface area contributed by atoms with Crippen LogP contribution in [0.25, 0.3) is 10.8 Å². The minimum Gasteiger partial charge on any atom is -0.478 e. The molecule has 0 amide bonds. The van der Waals surface area contributed by atoms with E-state index in [9.17, 15) is 4.79 Å². The number of carboxylic acid groups (broad SMARTS) is 1. The second-order valence-electron chi connectivity index (χ2n) is 3.16. The zero-order valence-electron chi connectivity index (χ0n) is 8.18. The maximum atomic E-state index is 10.7. The van der Waals surface area contributed by atoms with Gasteiger partial charge in [-0.25, -0.2) is 4.79 Å². The predicted octanol–water partition coefficient (Wildman–Crippen LogP) is 2.83. The molecular formula is C12H8ClNO2. The third-order valence-corrected chi connectivity index (χ3v) is 2.25. The number of halogens is 1. The molecule has 0 saturated carbocycles. The van der Waals surface area contributed by atoms with Crippen LogP contribution < -0.4 is 0 Å². The summed E-state index contributed by atoms with van der Waals surface area (Å²) in [7, 11) is 0. The molecule has 0 aliphatic carbocycles. The van der Waals surface area contributed by atoms with Gasteiger partial charge in [0.1, 0.15) is 0 Å².